The Morgan fingerprint density at radius 2 is 1.85 bits per heavy atom. The molecule has 1 saturated heterocycles. The Balaban J connectivity index is 1.63. The molecule has 1 fully saturated rings. The Morgan fingerprint density at radius 1 is 1.07 bits per heavy atom. The Labute approximate surface area is 158 Å². The van der Waals surface area contributed by atoms with Crippen LogP contribution >= 0.6 is 0 Å². The number of carbonyl (C=O) groups is 1. The molecule has 0 saturated carbocycles. The average Bonchev–Trinajstić information content (AvgIpc) is 2.90. The molecule has 27 heavy (non-hydrogen) atoms. The van der Waals surface area contributed by atoms with Crippen LogP contribution in [0.25, 0.3) is 0 Å². The fourth-order valence-electron chi connectivity index (χ4n) is 3.28. The van der Waals surface area contributed by atoms with Crippen LogP contribution in [0.15, 0.2) is 41.2 Å². The first-order valence-corrected chi connectivity index (χ1v) is 9.41. The van der Waals surface area contributed by atoms with E-state index >= 15 is 0 Å². The maximum atomic E-state index is 13.0. The van der Waals surface area contributed by atoms with Crippen molar-refractivity contribution >= 4 is 5.91 Å². The van der Waals surface area contributed by atoms with Gasteiger partial charge in [-0.3, -0.25) is 14.5 Å². The molecule has 2 aromatic rings. The highest BCUT2D eigenvalue weighted by molar-refractivity contribution is 5.92. The van der Waals surface area contributed by atoms with Gasteiger partial charge in [-0.1, -0.05) is 19.1 Å². The van der Waals surface area contributed by atoms with Gasteiger partial charge in [0, 0.05) is 45.3 Å². The number of aryl methyl sites for hydroxylation is 1. The number of carbonyl (C=O) groups excluding carboxylic acids is 1. The van der Waals surface area contributed by atoms with Crippen LogP contribution in [0.4, 0.5) is 4.39 Å². The molecule has 144 valence electrons. The maximum absolute atomic E-state index is 13.0. The van der Waals surface area contributed by atoms with Crippen molar-refractivity contribution in [3.05, 3.63) is 63.8 Å². The van der Waals surface area contributed by atoms with Crippen LogP contribution in [0.1, 0.15) is 35.8 Å². The first-order valence-electron chi connectivity index (χ1n) is 9.41. The molecular formula is C20H25FN4O2. The summed E-state index contributed by atoms with van der Waals surface area (Å²) in [7, 11) is 0. The lowest BCUT2D eigenvalue weighted by Gasteiger charge is -2.22. The highest BCUT2D eigenvalue weighted by Gasteiger charge is 2.22. The second-order valence-corrected chi connectivity index (χ2v) is 6.83. The zero-order valence-corrected chi connectivity index (χ0v) is 15.6. The highest BCUT2D eigenvalue weighted by Crippen LogP contribution is 2.11. The van der Waals surface area contributed by atoms with E-state index in [9.17, 15) is 14.0 Å². The third-order valence-corrected chi connectivity index (χ3v) is 4.72. The molecule has 1 aliphatic heterocycles. The minimum absolute atomic E-state index is 0.136. The molecule has 0 aliphatic carbocycles. The molecular weight excluding hydrogens is 347 g/mol. The Hall–Kier alpha value is -2.54. The summed E-state index contributed by atoms with van der Waals surface area (Å²) in [6, 6.07) is 9.46. The summed E-state index contributed by atoms with van der Waals surface area (Å²) in [6.45, 7) is 6.10. The number of nitrogens with zero attached hydrogens (tertiary/aromatic N) is 4. The molecule has 1 amide bonds. The van der Waals surface area contributed by atoms with Gasteiger partial charge in [0.15, 0.2) is 0 Å². The molecule has 0 bridgehead atoms. The lowest BCUT2D eigenvalue weighted by Crippen LogP contribution is -2.36. The fourth-order valence-corrected chi connectivity index (χ4v) is 3.28. The molecule has 0 spiro atoms. The molecule has 0 unspecified atom stereocenters. The van der Waals surface area contributed by atoms with E-state index in [4.69, 9.17) is 0 Å². The largest absolute Gasteiger partial charge is 0.336 e. The summed E-state index contributed by atoms with van der Waals surface area (Å²) in [5.74, 6) is -0.369. The third kappa shape index (κ3) is 5.01. The van der Waals surface area contributed by atoms with Gasteiger partial charge < -0.3 is 4.90 Å². The Kier molecular flexibility index (Phi) is 6.34. The van der Waals surface area contributed by atoms with Gasteiger partial charge in [0.05, 0.1) is 0 Å². The van der Waals surface area contributed by atoms with Gasteiger partial charge in [-0.25, -0.2) is 9.07 Å². The molecule has 1 aromatic carbocycles. The predicted octanol–water partition coefficient (Wildman–Crippen LogP) is 2.14. The minimum atomic E-state index is -0.233. The van der Waals surface area contributed by atoms with Crippen molar-refractivity contribution in [1.82, 2.24) is 19.6 Å². The van der Waals surface area contributed by atoms with E-state index in [1.54, 1.807) is 17.0 Å². The van der Waals surface area contributed by atoms with Crippen LogP contribution < -0.4 is 5.56 Å². The Bertz CT molecular complexity index is 835. The number of aromatic nitrogens is 2. The van der Waals surface area contributed by atoms with Crippen molar-refractivity contribution < 1.29 is 9.18 Å². The van der Waals surface area contributed by atoms with E-state index in [-0.39, 0.29) is 17.3 Å². The lowest BCUT2D eigenvalue weighted by molar-refractivity contribution is 0.0752. The van der Waals surface area contributed by atoms with Crippen LogP contribution in [-0.2, 0) is 13.1 Å². The van der Waals surface area contributed by atoms with Gasteiger partial charge in [0.1, 0.15) is 11.5 Å². The summed E-state index contributed by atoms with van der Waals surface area (Å²) in [4.78, 5) is 28.7. The van der Waals surface area contributed by atoms with E-state index in [0.29, 0.717) is 25.3 Å². The SMILES string of the molecule is CCCn1nc(C(=O)N2CCCN(Cc3ccc(F)cc3)CC2)ccc1=O. The van der Waals surface area contributed by atoms with Gasteiger partial charge in [0.2, 0.25) is 0 Å². The summed E-state index contributed by atoms with van der Waals surface area (Å²) in [5.41, 5.74) is 1.19. The van der Waals surface area contributed by atoms with Gasteiger partial charge in [0.25, 0.3) is 11.5 Å². The fraction of sp³-hybridized carbons (Fsp3) is 0.450. The van der Waals surface area contributed by atoms with Crippen molar-refractivity contribution in [2.75, 3.05) is 26.2 Å². The molecule has 6 nitrogen and oxygen atoms in total. The number of halogens is 1. The van der Waals surface area contributed by atoms with Crippen LogP contribution in [0.5, 0.6) is 0 Å². The normalized spacial score (nSPS) is 15.6. The van der Waals surface area contributed by atoms with Crippen molar-refractivity contribution in [3.63, 3.8) is 0 Å². The van der Waals surface area contributed by atoms with Crippen molar-refractivity contribution in [3.8, 4) is 0 Å². The number of rotatable bonds is 5. The number of hydrogen-bond donors (Lipinski definition) is 0. The molecule has 0 atom stereocenters. The van der Waals surface area contributed by atoms with Crippen molar-refractivity contribution in [1.29, 1.82) is 0 Å². The summed E-state index contributed by atoms with van der Waals surface area (Å²) in [6.07, 6.45) is 1.65. The van der Waals surface area contributed by atoms with Crippen LogP contribution in [-0.4, -0.2) is 51.7 Å². The zero-order chi connectivity index (χ0) is 19.2. The standard InChI is InChI=1S/C20H25FN4O2/c1-2-10-25-19(26)9-8-18(22-25)20(27)24-12-3-11-23(13-14-24)15-16-4-6-17(21)7-5-16/h4-9H,2-3,10-15H2,1H3. The summed E-state index contributed by atoms with van der Waals surface area (Å²) in [5, 5.41) is 4.23. The second kappa shape index (κ2) is 8.90. The van der Waals surface area contributed by atoms with Gasteiger partial charge in [-0.2, -0.15) is 5.10 Å². The minimum Gasteiger partial charge on any atom is -0.336 e. The second-order valence-electron chi connectivity index (χ2n) is 6.83. The zero-order valence-electron chi connectivity index (χ0n) is 15.6. The third-order valence-electron chi connectivity index (χ3n) is 4.72. The number of benzene rings is 1. The Morgan fingerprint density at radius 3 is 2.59 bits per heavy atom. The quantitative estimate of drug-likeness (QED) is 0.807. The van der Waals surface area contributed by atoms with E-state index in [1.807, 2.05) is 6.92 Å². The monoisotopic (exact) mass is 372 g/mol. The molecule has 1 aliphatic rings. The van der Waals surface area contributed by atoms with E-state index in [0.717, 1.165) is 38.0 Å². The van der Waals surface area contributed by atoms with Gasteiger partial charge in [-0.05, 0) is 36.6 Å². The van der Waals surface area contributed by atoms with E-state index < -0.39 is 0 Å². The lowest BCUT2D eigenvalue weighted by atomic mass is 10.2. The molecule has 2 heterocycles. The topological polar surface area (TPSA) is 58.4 Å². The van der Waals surface area contributed by atoms with Crippen LogP contribution in [0, 0.1) is 5.82 Å². The molecule has 1 aromatic heterocycles. The number of hydrogen-bond acceptors (Lipinski definition) is 4. The highest BCUT2D eigenvalue weighted by atomic mass is 19.1. The molecule has 0 N–H and O–H groups in total. The van der Waals surface area contributed by atoms with Crippen LogP contribution in [0.3, 0.4) is 0 Å². The van der Waals surface area contributed by atoms with Crippen molar-refractivity contribution in [2.45, 2.75) is 32.9 Å². The molecule has 7 heteroatoms. The molecule has 3 rings (SSSR count). The van der Waals surface area contributed by atoms with Gasteiger partial charge in [-0.15, -0.1) is 0 Å². The molecule has 0 radical (unpaired) electrons. The smallest absolute Gasteiger partial charge is 0.274 e. The predicted molar refractivity (Wildman–Crippen MR) is 101 cm³/mol. The first kappa shape index (κ1) is 19.2. The van der Waals surface area contributed by atoms with E-state index in [1.165, 1.54) is 28.9 Å². The van der Waals surface area contributed by atoms with Crippen molar-refractivity contribution in [2.24, 2.45) is 0 Å². The maximum Gasteiger partial charge on any atom is 0.274 e. The van der Waals surface area contributed by atoms with E-state index in [2.05, 4.69) is 10.00 Å². The van der Waals surface area contributed by atoms with Crippen LogP contribution in [0.2, 0.25) is 0 Å². The summed E-state index contributed by atoms with van der Waals surface area (Å²) >= 11 is 0. The number of amides is 1. The van der Waals surface area contributed by atoms with Gasteiger partial charge >= 0.3 is 0 Å². The average molecular weight is 372 g/mol. The summed E-state index contributed by atoms with van der Waals surface area (Å²) < 4.78 is 14.4. The first-order chi connectivity index (χ1) is 13.1.